The summed E-state index contributed by atoms with van der Waals surface area (Å²) in [5.41, 5.74) is 0.694. The molecule has 0 spiro atoms. The van der Waals surface area contributed by atoms with E-state index in [4.69, 9.17) is 11.6 Å². The molecule has 2 amide bonds. The predicted octanol–water partition coefficient (Wildman–Crippen LogP) is 2.19. The van der Waals surface area contributed by atoms with Gasteiger partial charge in [0.1, 0.15) is 23.7 Å². The average Bonchev–Trinajstić information content (AvgIpc) is 2.94. The Hall–Kier alpha value is -3.01. The van der Waals surface area contributed by atoms with Crippen molar-refractivity contribution >= 4 is 29.1 Å². The highest BCUT2D eigenvalue weighted by atomic mass is 35.5. The third-order valence-corrected chi connectivity index (χ3v) is 5.20. The molecule has 0 aliphatic carbocycles. The highest BCUT2D eigenvalue weighted by Crippen LogP contribution is 2.22. The number of nitrogens with zero attached hydrogens (tertiary/aromatic N) is 5. The molecule has 0 radical (unpaired) electrons. The summed E-state index contributed by atoms with van der Waals surface area (Å²) in [7, 11) is 0. The van der Waals surface area contributed by atoms with Crippen LogP contribution in [-0.4, -0.2) is 62.5 Å². The minimum Gasteiger partial charge on any atom is -0.338 e. The van der Waals surface area contributed by atoms with E-state index in [2.05, 4.69) is 5.10 Å². The van der Waals surface area contributed by atoms with Crippen LogP contribution in [0.15, 0.2) is 18.2 Å². The molecule has 1 aromatic heterocycles. The van der Waals surface area contributed by atoms with Crippen molar-refractivity contribution in [3.63, 3.8) is 0 Å². The monoisotopic (exact) mass is 423 g/mol. The van der Waals surface area contributed by atoms with E-state index in [1.807, 2.05) is 0 Å². The van der Waals surface area contributed by atoms with Crippen LogP contribution in [0.3, 0.4) is 0 Å². The van der Waals surface area contributed by atoms with Crippen LogP contribution in [-0.2, 0) is 11.3 Å². The molecule has 0 bridgehead atoms. The smallest absolute Gasteiger partial charge is 0.312 e. The lowest BCUT2D eigenvalue weighted by molar-refractivity contribution is -0.386. The Morgan fingerprint density at radius 2 is 1.83 bits per heavy atom. The van der Waals surface area contributed by atoms with Crippen molar-refractivity contribution in [1.29, 1.82) is 0 Å². The van der Waals surface area contributed by atoms with Gasteiger partial charge in [-0.3, -0.25) is 24.4 Å². The molecule has 1 aliphatic rings. The summed E-state index contributed by atoms with van der Waals surface area (Å²) in [5.74, 6) is -1.08. The van der Waals surface area contributed by atoms with Crippen molar-refractivity contribution in [2.75, 3.05) is 26.2 Å². The Bertz CT molecular complexity index is 985. The van der Waals surface area contributed by atoms with E-state index in [1.54, 1.807) is 16.7 Å². The van der Waals surface area contributed by atoms with Gasteiger partial charge in [-0.2, -0.15) is 5.10 Å². The maximum absolute atomic E-state index is 13.2. The Labute approximate surface area is 170 Å². The van der Waals surface area contributed by atoms with Gasteiger partial charge in [-0.15, -0.1) is 0 Å². The Morgan fingerprint density at radius 1 is 1.21 bits per heavy atom. The van der Waals surface area contributed by atoms with Crippen LogP contribution in [0, 0.1) is 29.8 Å². The van der Waals surface area contributed by atoms with Crippen molar-refractivity contribution in [3.8, 4) is 0 Å². The maximum atomic E-state index is 13.2. The summed E-state index contributed by atoms with van der Waals surface area (Å²) in [6.45, 7) is 4.18. The Kier molecular flexibility index (Phi) is 5.83. The number of rotatable bonds is 4. The van der Waals surface area contributed by atoms with Gasteiger partial charge in [-0.05, 0) is 32.0 Å². The first-order chi connectivity index (χ1) is 13.7. The van der Waals surface area contributed by atoms with Crippen LogP contribution >= 0.6 is 11.6 Å². The van der Waals surface area contributed by atoms with Crippen LogP contribution in [0.1, 0.15) is 21.7 Å². The number of halogens is 2. The molecular formula is C18H19ClFN5O4. The van der Waals surface area contributed by atoms with Gasteiger partial charge in [0, 0.05) is 26.2 Å². The maximum Gasteiger partial charge on any atom is 0.312 e. The highest BCUT2D eigenvalue weighted by molar-refractivity contribution is 6.33. The first-order valence-electron chi connectivity index (χ1n) is 8.89. The van der Waals surface area contributed by atoms with Crippen molar-refractivity contribution < 1.29 is 18.9 Å². The summed E-state index contributed by atoms with van der Waals surface area (Å²) in [6.07, 6.45) is 0. The summed E-state index contributed by atoms with van der Waals surface area (Å²) < 4.78 is 14.5. The molecule has 0 unspecified atom stereocenters. The van der Waals surface area contributed by atoms with Gasteiger partial charge < -0.3 is 9.80 Å². The molecule has 1 fully saturated rings. The van der Waals surface area contributed by atoms with E-state index in [0.29, 0.717) is 31.9 Å². The fourth-order valence-electron chi connectivity index (χ4n) is 3.33. The molecular weight excluding hydrogens is 405 g/mol. The number of hydrogen-bond donors (Lipinski definition) is 0. The molecule has 0 atom stereocenters. The Morgan fingerprint density at radius 3 is 2.38 bits per heavy atom. The number of aromatic nitrogens is 2. The minimum absolute atomic E-state index is 0.0413. The standard InChI is InChI=1S/C18H19ClFN5O4/c1-11-17(25(28)29)12(2)24(21-11)10-16(26)22-5-7-23(8-6-22)18(27)14-4-3-13(20)9-15(14)19/h3-4,9H,5-8,10H2,1-2H3. The number of aryl methyl sites for hydroxylation is 1. The van der Waals surface area contributed by atoms with Gasteiger partial charge in [0.2, 0.25) is 5.91 Å². The van der Waals surface area contributed by atoms with Gasteiger partial charge in [0.15, 0.2) is 0 Å². The van der Waals surface area contributed by atoms with Crippen LogP contribution in [0.5, 0.6) is 0 Å². The van der Waals surface area contributed by atoms with E-state index < -0.39 is 10.7 Å². The summed E-state index contributed by atoms with van der Waals surface area (Å²) >= 11 is 5.96. The summed E-state index contributed by atoms with van der Waals surface area (Å²) in [5, 5.41) is 15.2. The zero-order chi connectivity index (χ0) is 21.3. The fourth-order valence-corrected chi connectivity index (χ4v) is 3.57. The fraction of sp³-hybridized carbons (Fsp3) is 0.389. The van der Waals surface area contributed by atoms with Crippen molar-refractivity contribution in [2.24, 2.45) is 0 Å². The molecule has 2 aromatic rings. The number of benzene rings is 1. The van der Waals surface area contributed by atoms with Crippen molar-refractivity contribution in [2.45, 2.75) is 20.4 Å². The van der Waals surface area contributed by atoms with Crippen molar-refractivity contribution in [1.82, 2.24) is 19.6 Å². The van der Waals surface area contributed by atoms with E-state index in [-0.39, 0.29) is 40.3 Å². The number of carbonyl (C=O) groups is 2. The normalized spacial score (nSPS) is 14.2. The van der Waals surface area contributed by atoms with E-state index >= 15 is 0 Å². The zero-order valence-electron chi connectivity index (χ0n) is 15.9. The second-order valence-electron chi connectivity index (χ2n) is 6.73. The third kappa shape index (κ3) is 4.21. The lowest BCUT2D eigenvalue weighted by Crippen LogP contribution is -2.51. The van der Waals surface area contributed by atoms with Crippen LogP contribution in [0.4, 0.5) is 10.1 Å². The number of nitro groups is 1. The SMILES string of the molecule is Cc1nn(CC(=O)N2CCN(C(=O)c3ccc(F)cc3Cl)CC2)c(C)c1[N+](=O)[O-]. The van der Waals surface area contributed by atoms with E-state index in [0.717, 1.165) is 6.07 Å². The molecule has 3 rings (SSSR count). The molecule has 1 aliphatic heterocycles. The molecule has 0 saturated carbocycles. The average molecular weight is 424 g/mol. The summed E-state index contributed by atoms with van der Waals surface area (Å²) in [4.78, 5) is 38.9. The number of amides is 2. The third-order valence-electron chi connectivity index (χ3n) is 4.89. The highest BCUT2D eigenvalue weighted by Gasteiger charge is 2.28. The molecule has 154 valence electrons. The second kappa shape index (κ2) is 8.16. The van der Waals surface area contributed by atoms with Gasteiger partial charge >= 0.3 is 5.69 Å². The first kappa shape index (κ1) is 20.7. The number of piperazine rings is 1. The van der Waals surface area contributed by atoms with Gasteiger partial charge in [0.25, 0.3) is 5.91 Å². The summed E-state index contributed by atoms with van der Waals surface area (Å²) in [6, 6.07) is 3.60. The largest absolute Gasteiger partial charge is 0.338 e. The van der Waals surface area contributed by atoms with Crippen molar-refractivity contribution in [3.05, 3.63) is 56.1 Å². The lowest BCUT2D eigenvalue weighted by atomic mass is 10.1. The second-order valence-corrected chi connectivity index (χ2v) is 7.14. The topological polar surface area (TPSA) is 102 Å². The molecule has 0 N–H and O–H groups in total. The van der Waals surface area contributed by atoms with Crippen LogP contribution < -0.4 is 0 Å². The van der Waals surface area contributed by atoms with Gasteiger partial charge in [-0.25, -0.2) is 4.39 Å². The Balaban J connectivity index is 1.62. The lowest BCUT2D eigenvalue weighted by Gasteiger charge is -2.35. The number of hydrogen-bond acceptors (Lipinski definition) is 5. The van der Waals surface area contributed by atoms with Gasteiger partial charge in [-0.1, -0.05) is 11.6 Å². The molecule has 11 heteroatoms. The van der Waals surface area contributed by atoms with Crippen LogP contribution in [0.25, 0.3) is 0 Å². The van der Waals surface area contributed by atoms with E-state index in [1.165, 1.54) is 23.7 Å². The molecule has 1 saturated heterocycles. The van der Waals surface area contributed by atoms with Crippen LogP contribution in [0.2, 0.25) is 5.02 Å². The molecule has 29 heavy (non-hydrogen) atoms. The van der Waals surface area contributed by atoms with Gasteiger partial charge in [0.05, 0.1) is 15.5 Å². The first-order valence-corrected chi connectivity index (χ1v) is 9.27. The molecule has 2 heterocycles. The molecule has 1 aromatic carbocycles. The quantitative estimate of drug-likeness (QED) is 0.554. The van der Waals surface area contributed by atoms with E-state index in [9.17, 15) is 24.1 Å². The minimum atomic E-state index is -0.522. The predicted molar refractivity (Wildman–Crippen MR) is 102 cm³/mol. The molecule has 9 nitrogen and oxygen atoms in total. The zero-order valence-corrected chi connectivity index (χ0v) is 16.6. The number of carbonyl (C=O) groups excluding carboxylic acids is 2.